The summed E-state index contributed by atoms with van der Waals surface area (Å²) in [6.07, 6.45) is 11.4. The van der Waals surface area contributed by atoms with Gasteiger partial charge in [0.1, 0.15) is 5.75 Å². The molecule has 0 spiro atoms. The fraction of sp³-hybridized carbons (Fsp3) is 0.643. The molecule has 2 aliphatic carbocycles. The van der Waals surface area contributed by atoms with Crippen molar-refractivity contribution < 1.29 is 19.7 Å². The number of aliphatic carboxylic acids is 1. The number of methoxy groups -OCH3 is 1. The highest BCUT2D eigenvalue weighted by Gasteiger charge is 2.43. The van der Waals surface area contributed by atoms with Gasteiger partial charge in [0.05, 0.1) is 24.6 Å². The summed E-state index contributed by atoms with van der Waals surface area (Å²) < 4.78 is 5.35. The zero-order valence-corrected chi connectivity index (χ0v) is 20.2. The predicted octanol–water partition coefficient (Wildman–Crippen LogP) is 5.05. The highest BCUT2D eigenvalue weighted by Crippen LogP contribution is 2.45. The number of nitrogens with zero attached hydrogens (tertiary/aromatic N) is 2. The Morgan fingerprint density at radius 3 is 2.71 bits per heavy atom. The SMILES string of the molecule is COc1ccc2nccc([C@@H](O)CC[C@@H]3CCN(C4CC(C5CCCC5)C4)C[C@@H]3C(=O)O)c2c1. The first-order valence-electron chi connectivity index (χ1n) is 13.1. The Kier molecular flexibility index (Phi) is 7.07. The summed E-state index contributed by atoms with van der Waals surface area (Å²) in [6.45, 7) is 1.65. The van der Waals surface area contributed by atoms with Gasteiger partial charge in [0.2, 0.25) is 0 Å². The number of rotatable bonds is 8. The molecular weight excluding hydrogens is 428 g/mol. The van der Waals surface area contributed by atoms with Crippen LogP contribution in [0.1, 0.15) is 69.5 Å². The lowest BCUT2D eigenvalue weighted by atomic mass is 9.70. The minimum absolute atomic E-state index is 0.108. The highest BCUT2D eigenvalue weighted by molar-refractivity contribution is 5.83. The molecule has 6 heteroatoms. The number of piperidine rings is 1. The van der Waals surface area contributed by atoms with E-state index in [0.29, 0.717) is 19.0 Å². The summed E-state index contributed by atoms with van der Waals surface area (Å²) in [5.74, 6) is 1.61. The molecule has 3 aliphatic rings. The van der Waals surface area contributed by atoms with E-state index >= 15 is 0 Å². The van der Waals surface area contributed by atoms with Crippen molar-refractivity contribution in [2.45, 2.75) is 69.9 Å². The molecule has 1 aromatic carbocycles. The number of likely N-dealkylation sites (tertiary alicyclic amines) is 1. The van der Waals surface area contributed by atoms with Crippen molar-refractivity contribution in [1.82, 2.24) is 9.88 Å². The first-order valence-corrected chi connectivity index (χ1v) is 13.1. The van der Waals surface area contributed by atoms with Gasteiger partial charge >= 0.3 is 5.97 Å². The van der Waals surface area contributed by atoms with Crippen LogP contribution >= 0.6 is 0 Å². The van der Waals surface area contributed by atoms with Crippen LogP contribution in [0.3, 0.4) is 0 Å². The molecule has 2 saturated carbocycles. The fourth-order valence-electron chi connectivity index (χ4n) is 6.82. The summed E-state index contributed by atoms with van der Waals surface area (Å²) in [6, 6.07) is 8.13. The number of ether oxygens (including phenoxy) is 1. The zero-order chi connectivity index (χ0) is 23.7. The van der Waals surface area contributed by atoms with E-state index in [2.05, 4.69) is 9.88 Å². The Bertz CT molecular complexity index is 999. The molecule has 34 heavy (non-hydrogen) atoms. The first-order chi connectivity index (χ1) is 16.5. The molecule has 1 aliphatic heterocycles. The van der Waals surface area contributed by atoms with Gasteiger partial charge in [0.25, 0.3) is 0 Å². The van der Waals surface area contributed by atoms with Crippen LogP contribution in [0, 0.1) is 23.7 Å². The molecule has 2 N–H and O–H groups in total. The topological polar surface area (TPSA) is 82.9 Å². The van der Waals surface area contributed by atoms with E-state index in [9.17, 15) is 15.0 Å². The number of hydrogen-bond acceptors (Lipinski definition) is 5. The van der Waals surface area contributed by atoms with Gasteiger partial charge in [-0.2, -0.15) is 0 Å². The summed E-state index contributed by atoms with van der Waals surface area (Å²) >= 11 is 0. The molecule has 0 unspecified atom stereocenters. The molecule has 3 atom stereocenters. The predicted molar refractivity (Wildman–Crippen MR) is 132 cm³/mol. The monoisotopic (exact) mass is 466 g/mol. The van der Waals surface area contributed by atoms with Crippen molar-refractivity contribution >= 4 is 16.9 Å². The van der Waals surface area contributed by atoms with Gasteiger partial charge in [0, 0.05) is 24.2 Å². The lowest BCUT2D eigenvalue weighted by Crippen LogP contribution is -2.53. The van der Waals surface area contributed by atoms with E-state index in [0.717, 1.165) is 53.4 Å². The quantitative estimate of drug-likeness (QED) is 0.567. The van der Waals surface area contributed by atoms with Gasteiger partial charge in [-0.25, -0.2) is 0 Å². The number of carboxylic acids is 1. The highest BCUT2D eigenvalue weighted by atomic mass is 16.5. The third kappa shape index (κ3) is 4.80. The van der Waals surface area contributed by atoms with E-state index < -0.39 is 12.1 Å². The second-order valence-electron chi connectivity index (χ2n) is 10.8. The number of benzene rings is 1. The molecular formula is C28H38N2O4. The molecule has 0 radical (unpaired) electrons. The van der Waals surface area contributed by atoms with E-state index in [1.54, 1.807) is 13.3 Å². The Morgan fingerprint density at radius 1 is 1.18 bits per heavy atom. The van der Waals surface area contributed by atoms with E-state index in [1.165, 1.54) is 38.5 Å². The van der Waals surface area contributed by atoms with E-state index in [1.807, 2.05) is 24.3 Å². The number of aliphatic hydroxyl groups excluding tert-OH is 1. The molecule has 0 amide bonds. The van der Waals surface area contributed by atoms with Crippen molar-refractivity contribution in [3.05, 3.63) is 36.0 Å². The van der Waals surface area contributed by atoms with Crippen molar-refractivity contribution in [1.29, 1.82) is 0 Å². The number of fused-ring (bicyclic) bond motifs is 1. The third-order valence-electron chi connectivity index (χ3n) is 8.99. The molecule has 5 rings (SSSR count). The first kappa shape index (κ1) is 23.6. The normalized spacial score (nSPS) is 29.1. The molecule has 184 valence electrons. The zero-order valence-electron chi connectivity index (χ0n) is 20.2. The standard InChI is InChI=1S/C28H38N2O4/c1-34-22-7-8-26-24(16-22)23(10-12-29-26)27(31)9-6-19-11-13-30(17-25(19)28(32)33)21-14-20(15-21)18-4-2-3-5-18/h7-8,10,12,16,18-21,25,27,31H,2-6,9,11,13-15,17H2,1H3,(H,32,33)/t19-,20?,21?,25+,27+/m1/s1. The van der Waals surface area contributed by atoms with Crippen molar-refractivity contribution in [3.8, 4) is 5.75 Å². The maximum atomic E-state index is 12.2. The summed E-state index contributed by atoms with van der Waals surface area (Å²) in [7, 11) is 1.63. The van der Waals surface area contributed by atoms with Crippen molar-refractivity contribution in [2.75, 3.05) is 20.2 Å². The van der Waals surface area contributed by atoms with Gasteiger partial charge in [-0.05, 0) is 86.2 Å². The van der Waals surface area contributed by atoms with Crippen LogP contribution in [-0.2, 0) is 4.79 Å². The van der Waals surface area contributed by atoms with Gasteiger partial charge < -0.3 is 14.9 Å². The van der Waals surface area contributed by atoms with Crippen LogP contribution in [0.15, 0.2) is 30.5 Å². The Morgan fingerprint density at radius 2 is 1.97 bits per heavy atom. The van der Waals surface area contributed by atoms with Crippen molar-refractivity contribution in [2.24, 2.45) is 23.7 Å². The summed E-state index contributed by atoms with van der Waals surface area (Å²) in [5.41, 5.74) is 1.66. The molecule has 3 fully saturated rings. The van der Waals surface area contributed by atoms with Crippen molar-refractivity contribution in [3.63, 3.8) is 0 Å². The van der Waals surface area contributed by atoms with Crippen LogP contribution in [0.5, 0.6) is 5.75 Å². The van der Waals surface area contributed by atoms with Crippen LogP contribution in [0.4, 0.5) is 0 Å². The Labute approximate surface area is 202 Å². The molecule has 2 aromatic rings. The van der Waals surface area contributed by atoms with E-state index in [4.69, 9.17) is 4.74 Å². The second kappa shape index (κ2) is 10.2. The van der Waals surface area contributed by atoms with Gasteiger partial charge in [-0.1, -0.05) is 25.7 Å². The maximum absolute atomic E-state index is 12.2. The van der Waals surface area contributed by atoms with Crippen LogP contribution < -0.4 is 4.74 Å². The lowest BCUT2D eigenvalue weighted by molar-refractivity contribution is -0.147. The Balaban J connectivity index is 1.19. The molecule has 1 saturated heterocycles. The lowest BCUT2D eigenvalue weighted by Gasteiger charge is -2.49. The maximum Gasteiger partial charge on any atom is 0.308 e. The minimum atomic E-state index is -0.685. The summed E-state index contributed by atoms with van der Waals surface area (Å²) in [4.78, 5) is 19.0. The largest absolute Gasteiger partial charge is 0.497 e. The number of aromatic nitrogens is 1. The number of pyridine rings is 1. The minimum Gasteiger partial charge on any atom is -0.497 e. The molecule has 2 heterocycles. The number of aliphatic hydroxyl groups is 1. The average Bonchev–Trinajstić information content (AvgIpc) is 3.35. The number of carboxylic acid groups (broad SMARTS) is 1. The van der Waals surface area contributed by atoms with Crippen LogP contribution in [-0.4, -0.2) is 52.3 Å². The van der Waals surface area contributed by atoms with Gasteiger partial charge in [0.15, 0.2) is 0 Å². The molecule has 1 aromatic heterocycles. The third-order valence-corrected chi connectivity index (χ3v) is 8.99. The van der Waals surface area contributed by atoms with Crippen LogP contribution in [0.2, 0.25) is 0 Å². The molecule has 0 bridgehead atoms. The number of hydrogen-bond donors (Lipinski definition) is 2. The summed E-state index contributed by atoms with van der Waals surface area (Å²) in [5, 5.41) is 21.9. The van der Waals surface area contributed by atoms with E-state index in [-0.39, 0.29) is 11.8 Å². The van der Waals surface area contributed by atoms with Crippen LogP contribution in [0.25, 0.3) is 10.9 Å². The fourth-order valence-corrected chi connectivity index (χ4v) is 6.82. The Hall–Kier alpha value is -2.18. The average molecular weight is 467 g/mol. The second-order valence-corrected chi connectivity index (χ2v) is 10.8. The smallest absolute Gasteiger partial charge is 0.308 e. The molecule has 6 nitrogen and oxygen atoms in total. The van der Waals surface area contributed by atoms with Gasteiger partial charge in [-0.15, -0.1) is 0 Å². The van der Waals surface area contributed by atoms with Gasteiger partial charge in [-0.3, -0.25) is 14.7 Å². The number of carbonyl (C=O) groups is 1.